The van der Waals surface area contributed by atoms with Crippen LogP contribution < -0.4 is 5.32 Å². The Morgan fingerprint density at radius 3 is 2.23 bits per heavy atom. The number of carbonyl (C=O) groups is 4. The molecule has 1 aromatic rings. The van der Waals surface area contributed by atoms with Gasteiger partial charge in [-0.15, -0.1) is 0 Å². The molecule has 2 heterocycles. The van der Waals surface area contributed by atoms with E-state index in [1.165, 1.54) is 9.80 Å². The molecule has 3 rings (SSSR count). The quantitative estimate of drug-likeness (QED) is 0.640. The van der Waals surface area contributed by atoms with Crippen LogP contribution in [-0.2, 0) is 19.2 Å². The molecule has 0 radical (unpaired) electrons. The molecule has 0 unspecified atom stereocenters. The summed E-state index contributed by atoms with van der Waals surface area (Å²) in [7, 11) is 0. The van der Waals surface area contributed by atoms with Gasteiger partial charge in [-0.3, -0.25) is 24.1 Å². The number of para-hydroxylation sites is 1. The first-order valence-corrected chi connectivity index (χ1v) is 10.4. The Morgan fingerprint density at radius 2 is 1.57 bits per heavy atom. The number of hydrogen-bond acceptors (Lipinski definition) is 5. The van der Waals surface area contributed by atoms with Crippen LogP contribution in [0.5, 0.6) is 0 Å². The van der Waals surface area contributed by atoms with Gasteiger partial charge in [-0.05, 0) is 19.1 Å². The van der Waals surface area contributed by atoms with E-state index >= 15 is 0 Å². The van der Waals surface area contributed by atoms with Gasteiger partial charge in [0.25, 0.3) is 0 Å². The largest absolute Gasteiger partial charge is 0.339 e. The van der Waals surface area contributed by atoms with Crippen molar-refractivity contribution >= 4 is 40.9 Å². The normalized spacial score (nSPS) is 18.0. The van der Waals surface area contributed by atoms with Crippen LogP contribution in [0.15, 0.2) is 24.3 Å². The van der Waals surface area contributed by atoms with Gasteiger partial charge in [0, 0.05) is 45.8 Å². The Kier molecular flexibility index (Phi) is 7.28. The predicted octanol–water partition coefficient (Wildman–Crippen LogP) is 0.113. The fourth-order valence-electron chi connectivity index (χ4n) is 3.54. The Balaban J connectivity index is 1.43. The molecule has 4 amide bonds. The molecule has 2 aliphatic heterocycles. The molecule has 10 heteroatoms. The maximum absolute atomic E-state index is 12.6. The summed E-state index contributed by atoms with van der Waals surface area (Å²) < 4.78 is 0. The smallest absolute Gasteiger partial charge is 0.312 e. The molecule has 2 saturated heterocycles. The molecule has 2 fully saturated rings. The van der Waals surface area contributed by atoms with Gasteiger partial charge in [-0.2, -0.15) is 0 Å². The van der Waals surface area contributed by atoms with Crippen LogP contribution in [0, 0.1) is 0 Å². The molecular formula is C20H26ClN5O4. The van der Waals surface area contributed by atoms with Crippen molar-refractivity contribution < 1.29 is 19.2 Å². The number of nitrogens with zero attached hydrogens (tertiary/aromatic N) is 4. The number of amides is 4. The number of hydrogen-bond donors (Lipinski definition) is 1. The molecule has 0 aliphatic carbocycles. The standard InChI is InChI=1S/C20H26ClN5O4/c1-2-24-11-12-26(20(30)19(24)29)14-18(28)25-9-7-23(8-10-25)13-17(27)22-16-6-4-3-5-15(16)21/h3-6H,2,7-14H2,1H3,(H,22,27). The lowest BCUT2D eigenvalue weighted by Crippen LogP contribution is -2.58. The van der Waals surface area contributed by atoms with Crippen molar-refractivity contribution in [2.24, 2.45) is 0 Å². The van der Waals surface area contributed by atoms with Crippen molar-refractivity contribution in [2.75, 3.05) is 64.2 Å². The van der Waals surface area contributed by atoms with Crippen LogP contribution in [0.4, 0.5) is 5.69 Å². The summed E-state index contributed by atoms with van der Waals surface area (Å²) in [5, 5.41) is 3.27. The minimum atomic E-state index is -0.619. The van der Waals surface area contributed by atoms with Crippen LogP contribution in [0.25, 0.3) is 0 Å². The van der Waals surface area contributed by atoms with Gasteiger partial charge in [0.1, 0.15) is 6.54 Å². The van der Waals surface area contributed by atoms with E-state index in [0.29, 0.717) is 56.5 Å². The SMILES string of the molecule is CCN1CCN(CC(=O)N2CCN(CC(=O)Nc3ccccc3Cl)CC2)C(=O)C1=O. The molecule has 1 N–H and O–H groups in total. The third-order valence-corrected chi connectivity index (χ3v) is 5.67. The van der Waals surface area contributed by atoms with E-state index in [4.69, 9.17) is 11.6 Å². The predicted molar refractivity (Wildman–Crippen MR) is 112 cm³/mol. The van der Waals surface area contributed by atoms with E-state index in [1.54, 1.807) is 29.2 Å². The van der Waals surface area contributed by atoms with Crippen molar-refractivity contribution in [1.82, 2.24) is 19.6 Å². The van der Waals surface area contributed by atoms with Crippen molar-refractivity contribution in [3.05, 3.63) is 29.3 Å². The Morgan fingerprint density at radius 1 is 0.933 bits per heavy atom. The maximum atomic E-state index is 12.6. The lowest BCUT2D eigenvalue weighted by atomic mass is 10.2. The van der Waals surface area contributed by atoms with Crippen LogP contribution in [-0.4, -0.2) is 102 Å². The van der Waals surface area contributed by atoms with E-state index in [0.717, 1.165) is 0 Å². The summed E-state index contributed by atoms with van der Waals surface area (Å²) in [5.74, 6) is -1.51. The highest BCUT2D eigenvalue weighted by Crippen LogP contribution is 2.20. The van der Waals surface area contributed by atoms with E-state index in [9.17, 15) is 19.2 Å². The monoisotopic (exact) mass is 435 g/mol. The lowest BCUT2D eigenvalue weighted by molar-refractivity contribution is -0.157. The van der Waals surface area contributed by atoms with E-state index in [-0.39, 0.29) is 24.9 Å². The minimum absolute atomic E-state index is 0.0882. The number of halogens is 1. The summed E-state index contributed by atoms with van der Waals surface area (Å²) in [5.41, 5.74) is 0.570. The molecule has 9 nitrogen and oxygen atoms in total. The summed E-state index contributed by atoms with van der Waals surface area (Å²) in [4.78, 5) is 55.4. The van der Waals surface area contributed by atoms with Gasteiger partial charge in [0.2, 0.25) is 11.8 Å². The van der Waals surface area contributed by atoms with Crippen LogP contribution in [0.3, 0.4) is 0 Å². The van der Waals surface area contributed by atoms with Crippen molar-refractivity contribution in [3.63, 3.8) is 0 Å². The molecular weight excluding hydrogens is 410 g/mol. The zero-order valence-electron chi connectivity index (χ0n) is 17.0. The first-order chi connectivity index (χ1) is 14.4. The number of anilines is 1. The van der Waals surface area contributed by atoms with Crippen LogP contribution in [0.2, 0.25) is 5.02 Å². The molecule has 162 valence electrons. The van der Waals surface area contributed by atoms with Crippen molar-refractivity contribution in [2.45, 2.75) is 6.92 Å². The molecule has 0 bridgehead atoms. The zero-order chi connectivity index (χ0) is 21.7. The van der Waals surface area contributed by atoms with E-state index in [1.807, 2.05) is 11.8 Å². The molecule has 0 saturated carbocycles. The first kappa shape index (κ1) is 22.0. The Labute approximate surface area is 180 Å². The molecule has 0 aromatic heterocycles. The topological polar surface area (TPSA) is 93.3 Å². The van der Waals surface area contributed by atoms with Crippen molar-refractivity contribution in [1.29, 1.82) is 0 Å². The summed E-state index contributed by atoms with van der Waals surface area (Å²) in [6.07, 6.45) is 0. The molecule has 30 heavy (non-hydrogen) atoms. The third kappa shape index (κ3) is 5.28. The number of rotatable bonds is 6. The average molecular weight is 436 g/mol. The maximum Gasteiger partial charge on any atom is 0.312 e. The summed E-state index contributed by atoms with van der Waals surface area (Å²) in [6, 6.07) is 7.04. The fraction of sp³-hybridized carbons (Fsp3) is 0.500. The Hall–Kier alpha value is -2.65. The van der Waals surface area contributed by atoms with Gasteiger partial charge in [0.15, 0.2) is 0 Å². The van der Waals surface area contributed by atoms with E-state index < -0.39 is 11.8 Å². The number of piperazine rings is 2. The van der Waals surface area contributed by atoms with Gasteiger partial charge < -0.3 is 20.0 Å². The second-order valence-electron chi connectivity index (χ2n) is 7.30. The van der Waals surface area contributed by atoms with Crippen LogP contribution >= 0.6 is 11.6 Å². The van der Waals surface area contributed by atoms with Gasteiger partial charge >= 0.3 is 11.8 Å². The molecule has 1 aromatic carbocycles. The number of benzene rings is 1. The fourth-order valence-corrected chi connectivity index (χ4v) is 3.72. The first-order valence-electron chi connectivity index (χ1n) is 10.0. The number of nitrogens with one attached hydrogen (secondary N) is 1. The third-order valence-electron chi connectivity index (χ3n) is 5.35. The molecule has 2 aliphatic rings. The molecule has 0 spiro atoms. The number of carbonyl (C=O) groups excluding carboxylic acids is 4. The zero-order valence-corrected chi connectivity index (χ0v) is 17.7. The van der Waals surface area contributed by atoms with Crippen molar-refractivity contribution in [3.8, 4) is 0 Å². The van der Waals surface area contributed by atoms with Gasteiger partial charge in [-0.1, -0.05) is 23.7 Å². The number of likely N-dealkylation sites (N-methyl/N-ethyl adjacent to an activating group) is 1. The Bertz CT molecular complexity index is 825. The van der Waals surface area contributed by atoms with Gasteiger partial charge in [-0.25, -0.2) is 0 Å². The highest BCUT2D eigenvalue weighted by Gasteiger charge is 2.34. The summed E-state index contributed by atoms with van der Waals surface area (Å²) >= 11 is 6.06. The van der Waals surface area contributed by atoms with E-state index in [2.05, 4.69) is 5.32 Å². The second-order valence-corrected chi connectivity index (χ2v) is 7.70. The summed E-state index contributed by atoms with van der Waals surface area (Å²) in [6.45, 7) is 5.28. The highest BCUT2D eigenvalue weighted by molar-refractivity contribution is 6.35. The van der Waals surface area contributed by atoms with Gasteiger partial charge in [0.05, 0.1) is 17.3 Å². The minimum Gasteiger partial charge on any atom is -0.339 e. The average Bonchev–Trinajstić information content (AvgIpc) is 2.74. The van der Waals surface area contributed by atoms with Crippen LogP contribution in [0.1, 0.15) is 6.92 Å². The lowest BCUT2D eigenvalue weighted by Gasteiger charge is -2.37. The second kappa shape index (κ2) is 9.90. The molecule has 0 atom stereocenters. The highest BCUT2D eigenvalue weighted by atomic mass is 35.5.